The van der Waals surface area contributed by atoms with Crippen LogP contribution in [-0.2, 0) is 31.2 Å². The van der Waals surface area contributed by atoms with E-state index in [1.807, 2.05) is 24.3 Å². The standard InChI is InChI=1S/C56H58O4/c1-53(2,3)41-21-13-37(14-22-41)47-31-35(32-48(59-47)38-15-23-42(24-16-38)54(4,5)6)29-45-51(57)46(52(45)58)30-36-33-49(39-17-25-43(26-18-39)55(7,8)9)60-50(34-36)40-19-27-44(28-20-40)56(10,11)12/h13-34H,1-12H3. The molecule has 0 bridgehead atoms. The van der Waals surface area contributed by atoms with Crippen molar-refractivity contribution in [2.45, 2.75) is 105 Å². The maximum atomic E-state index is 13.9. The number of benzene rings is 4. The molecule has 4 heteroatoms. The summed E-state index contributed by atoms with van der Waals surface area (Å²) in [6, 6.07) is 37.3. The van der Waals surface area contributed by atoms with Gasteiger partial charge in [0.05, 0.1) is 23.3 Å². The van der Waals surface area contributed by atoms with E-state index in [9.17, 15) is 9.90 Å². The number of rotatable bonds is 6. The highest BCUT2D eigenvalue weighted by Gasteiger charge is 2.29. The number of ether oxygens (including phenoxy) is 1. The lowest BCUT2D eigenvalue weighted by Crippen LogP contribution is -2.29. The first-order chi connectivity index (χ1) is 28.0. The molecule has 0 unspecified atom stereocenters. The Morgan fingerprint density at radius 1 is 0.483 bits per heavy atom. The quantitative estimate of drug-likeness (QED) is 0.127. The summed E-state index contributed by atoms with van der Waals surface area (Å²) in [6.45, 7) is 26.3. The molecule has 7 rings (SSSR count). The monoisotopic (exact) mass is 794 g/mol. The molecule has 60 heavy (non-hydrogen) atoms. The second-order valence-corrected chi connectivity index (χ2v) is 20.3. The van der Waals surface area contributed by atoms with Crippen molar-refractivity contribution < 1.29 is 19.1 Å². The molecule has 306 valence electrons. The molecule has 2 aliphatic rings. The Kier molecular flexibility index (Phi) is 10.9. The van der Waals surface area contributed by atoms with Gasteiger partial charge in [0.2, 0.25) is 0 Å². The highest BCUT2D eigenvalue weighted by atomic mass is 16.5. The second-order valence-electron chi connectivity index (χ2n) is 20.3. The summed E-state index contributed by atoms with van der Waals surface area (Å²) in [5, 5.41) is 13.9. The number of carbonyl (C=O) groups excluding carboxylic acids is 1. The largest absolute Gasteiger partial charge is 0.871 e. The molecule has 0 saturated carbocycles. The van der Waals surface area contributed by atoms with Gasteiger partial charge in [0.15, 0.2) is 5.78 Å². The Bertz CT molecular complexity index is 2440. The van der Waals surface area contributed by atoms with Gasteiger partial charge < -0.3 is 9.84 Å². The van der Waals surface area contributed by atoms with Gasteiger partial charge in [0.1, 0.15) is 11.5 Å². The van der Waals surface area contributed by atoms with Gasteiger partial charge in [0, 0.05) is 22.3 Å². The van der Waals surface area contributed by atoms with Crippen molar-refractivity contribution in [3.8, 4) is 22.6 Å². The summed E-state index contributed by atoms with van der Waals surface area (Å²) in [4.78, 5) is 13.9. The van der Waals surface area contributed by atoms with Crippen molar-refractivity contribution in [2.24, 2.45) is 0 Å². The Morgan fingerprint density at radius 2 is 0.817 bits per heavy atom. The summed E-state index contributed by atoms with van der Waals surface area (Å²) < 4.78 is 13.1. The van der Waals surface area contributed by atoms with E-state index in [1.165, 1.54) is 22.3 Å². The van der Waals surface area contributed by atoms with Crippen molar-refractivity contribution in [1.82, 2.24) is 0 Å². The highest BCUT2D eigenvalue weighted by molar-refractivity contribution is 6.23. The molecule has 1 aliphatic carbocycles. The van der Waals surface area contributed by atoms with E-state index in [0.29, 0.717) is 34.2 Å². The van der Waals surface area contributed by atoms with Crippen LogP contribution in [0.1, 0.15) is 122 Å². The maximum Gasteiger partial charge on any atom is 0.361 e. The number of ketones is 1. The van der Waals surface area contributed by atoms with Gasteiger partial charge in [-0.2, -0.15) is 0 Å². The van der Waals surface area contributed by atoms with Gasteiger partial charge in [-0.25, -0.2) is 4.42 Å². The fourth-order valence-corrected chi connectivity index (χ4v) is 7.35. The van der Waals surface area contributed by atoms with E-state index in [2.05, 4.69) is 180 Å². The lowest BCUT2D eigenvalue weighted by Gasteiger charge is -2.29. The molecule has 1 aliphatic heterocycles. The molecule has 0 amide bonds. The molecule has 2 heterocycles. The topological polar surface area (TPSA) is 60.7 Å². The molecule has 5 aromatic rings. The van der Waals surface area contributed by atoms with Crippen LogP contribution < -0.4 is 5.11 Å². The zero-order chi connectivity index (χ0) is 43.4. The van der Waals surface area contributed by atoms with Crippen LogP contribution in [0.4, 0.5) is 0 Å². The molecular formula is C56H58O4. The zero-order valence-corrected chi connectivity index (χ0v) is 37.3. The first-order valence-corrected chi connectivity index (χ1v) is 21.0. The molecule has 0 spiro atoms. The summed E-state index contributed by atoms with van der Waals surface area (Å²) in [5.74, 6) is 2.01. The molecular weight excluding hydrogens is 737 g/mol. The van der Waals surface area contributed by atoms with Crippen LogP contribution in [0.25, 0.3) is 40.2 Å². The minimum absolute atomic E-state index is 0.00508. The van der Waals surface area contributed by atoms with Crippen molar-refractivity contribution >= 4 is 23.4 Å². The van der Waals surface area contributed by atoms with E-state index in [1.54, 1.807) is 12.2 Å². The normalized spacial score (nSPS) is 15.7. The van der Waals surface area contributed by atoms with Gasteiger partial charge in [-0.15, -0.1) is 0 Å². The van der Waals surface area contributed by atoms with Crippen LogP contribution in [0.15, 0.2) is 154 Å². The van der Waals surface area contributed by atoms with Crippen molar-refractivity contribution in [2.75, 3.05) is 0 Å². The molecule has 0 N–H and O–H groups in total. The Morgan fingerprint density at radius 3 is 1.13 bits per heavy atom. The van der Waals surface area contributed by atoms with E-state index in [0.717, 1.165) is 22.3 Å². The minimum atomic E-state index is -0.291. The average molecular weight is 795 g/mol. The fraction of sp³-hybridized carbons (Fsp3) is 0.286. The fourth-order valence-electron chi connectivity index (χ4n) is 7.35. The van der Waals surface area contributed by atoms with E-state index in [-0.39, 0.29) is 44.3 Å². The first-order valence-electron chi connectivity index (χ1n) is 21.0. The Hall–Kier alpha value is -6.00. The third kappa shape index (κ3) is 9.09. The van der Waals surface area contributed by atoms with Gasteiger partial charge in [-0.05, 0) is 104 Å². The van der Waals surface area contributed by atoms with E-state index in [4.69, 9.17) is 9.15 Å². The summed E-state index contributed by atoms with van der Waals surface area (Å²) in [7, 11) is 0. The summed E-state index contributed by atoms with van der Waals surface area (Å²) >= 11 is 0. The third-order valence-corrected chi connectivity index (χ3v) is 11.4. The van der Waals surface area contributed by atoms with Crippen LogP contribution in [0.3, 0.4) is 0 Å². The predicted octanol–water partition coefficient (Wildman–Crippen LogP) is 13.7. The molecule has 0 saturated heterocycles. The summed E-state index contributed by atoms with van der Waals surface area (Å²) in [5.41, 5.74) is 10.2. The Labute approximate surface area is 357 Å². The van der Waals surface area contributed by atoms with Crippen LogP contribution in [0.2, 0.25) is 0 Å². The second kappa shape index (κ2) is 15.6. The number of hydrogen-bond acceptors (Lipinski definition) is 3. The summed E-state index contributed by atoms with van der Waals surface area (Å²) in [6.07, 6.45) is 7.20. The predicted molar refractivity (Wildman–Crippen MR) is 247 cm³/mol. The van der Waals surface area contributed by atoms with Crippen LogP contribution >= 0.6 is 0 Å². The lowest BCUT2D eigenvalue weighted by atomic mass is 9.84. The number of carbonyl (C=O) groups is 1. The molecule has 4 nitrogen and oxygen atoms in total. The highest BCUT2D eigenvalue weighted by Crippen LogP contribution is 2.38. The average Bonchev–Trinajstić information content (AvgIpc) is 3.20. The van der Waals surface area contributed by atoms with Gasteiger partial charge in [-0.3, -0.25) is 4.79 Å². The maximum absolute atomic E-state index is 13.9. The molecule has 0 atom stereocenters. The Balaban J connectivity index is 1.28. The van der Waals surface area contributed by atoms with Crippen LogP contribution in [-0.4, -0.2) is 5.78 Å². The van der Waals surface area contributed by atoms with Crippen molar-refractivity contribution in [3.05, 3.63) is 189 Å². The van der Waals surface area contributed by atoms with Crippen molar-refractivity contribution in [3.63, 3.8) is 0 Å². The van der Waals surface area contributed by atoms with Crippen LogP contribution in [0, 0.1) is 0 Å². The first kappa shape index (κ1) is 42.1. The number of allylic oxidation sites excluding steroid dienone is 6. The van der Waals surface area contributed by atoms with Gasteiger partial charge in [-0.1, -0.05) is 162 Å². The van der Waals surface area contributed by atoms with E-state index >= 15 is 0 Å². The van der Waals surface area contributed by atoms with Gasteiger partial charge >= 0.3 is 11.5 Å². The van der Waals surface area contributed by atoms with Gasteiger partial charge in [0.25, 0.3) is 0 Å². The van der Waals surface area contributed by atoms with Crippen molar-refractivity contribution in [1.29, 1.82) is 0 Å². The molecule has 0 fully saturated rings. The number of hydrogen-bond donors (Lipinski definition) is 0. The number of Topliss-reactive ketones (excluding diaryl/α,β-unsaturated/α-hetero) is 1. The third-order valence-electron chi connectivity index (χ3n) is 11.4. The SMILES string of the molecule is CC(C)(C)c1ccc(C2=CC(=CC3=C([O-])C(=Cc4cc(-c5ccc(C(C)(C)C)cc5)[o+]c(-c5ccc(C(C)(C)C)cc5)c4)C3=O)C=C(c3ccc(C(C)(C)C)cc3)O2)cc1. The smallest absolute Gasteiger partial charge is 0.361 e. The lowest BCUT2D eigenvalue weighted by molar-refractivity contribution is -0.300. The molecule has 4 aromatic carbocycles. The van der Waals surface area contributed by atoms with Crippen LogP contribution in [0.5, 0.6) is 0 Å². The molecule has 1 aromatic heterocycles. The van der Waals surface area contributed by atoms with E-state index < -0.39 is 0 Å². The minimum Gasteiger partial charge on any atom is -0.871 e. The zero-order valence-electron chi connectivity index (χ0n) is 37.3. The molecule has 0 radical (unpaired) electrons.